The standard InChI is InChI=1S/C12H21N3/c1-5-14-10(12(2,3)4)9-7-6-8-15-11(9)13/h6-8,10,14H,5H2,1-4H3,(H2,13,15). The van der Waals surface area contributed by atoms with Crippen molar-refractivity contribution < 1.29 is 0 Å². The summed E-state index contributed by atoms with van der Waals surface area (Å²) in [7, 11) is 0. The van der Waals surface area contributed by atoms with E-state index < -0.39 is 0 Å². The second-order valence-electron chi connectivity index (χ2n) is 4.83. The minimum Gasteiger partial charge on any atom is -0.383 e. The van der Waals surface area contributed by atoms with Crippen LogP contribution in [0.3, 0.4) is 0 Å². The molecule has 0 saturated carbocycles. The fourth-order valence-electron chi connectivity index (χ4n) is 1.76. The molecule has 0 aliphatic rings. The maximum absolute atomic E-state index is 5.90. The van der Waals surface area contributed by atoms with Gasteiger partial charge in [-0.2, -0.15) is 0 Å². The van der Waals surface area contributed by atoms with Crippen LogP contribution < -0.4 is 11.1 Å². The van der Waals surface area contributed by atoms with Crippen molar-refractivity contribution in [2.24, 2.45) is 5.41 Å². The van der Waals surface area contributed by atoms with Gasteiger partial charge in [0.2, 0.25) is 0 Å². The van der Waals surface area contributed by atoms with E-state index in [-0.39, 0.29) is 11.5 Å². The van der Waals surface area contributed by atoms with E-state index in [1.165, 1.54) is 0 Å². The van der Waals surface area contributed by atoms with Crippen molar-refractivity contribution in [2.45, 2.75) is 33.7 Å². The Morgan fingerprint density at radius 1 is 1.47 bits per heavy atom. The molecule has 0 aromatic carbocycles. The van der Waals surface area contributed by atoms with Crippen LogP contribution in [-0.4, -0.2) is 11.5 Å². The number of aromatic nitrogens is 1. The van der Waals surface area contributed by atoms with E-state index >= 15 is 0 Å². The molecule has 0 bridgehead atoms. The molecule has 3 nitrogen and oxygen atoms in total. The first kappa shape index (κ1) is 12.0. The molecule has 0 fully saturated rings. The molecule has 15 heavy (non-hydrogen) atoms. The molecular weight excluding hydrogens is 186 g/mol. The molecule has 1 unspecified atom stereocenters. The van der Waals surface area contributed by atoms with Gasteiger partial charge in [-0.15, -0.1) is 0 Å². The lowest BCUT2D eigenvalue weighted by Crippen LogP contribution is -2.32. The van der Waals surface area contributed by atoms with E-state index in [1.807, 2.05) is 12.1 Å². The first-order valence-corrected chi connectivity index (χ1v) is 5.40. The summed E-state index contributed by atoms with van der Waals surface area (Å²) >= 11 is 0. The predicted octanol–water partition coefficient (Wildman–Crippen LogP) is 2.36. The third-order valence-corrected chi connectivity index (χ3v) is 2.46. The van der Waals surface area contributed by atoms with E-state index in [2.05, 4.69) is 38.0 Å². The summed E-state index contributed by atoms with van der Waals surface area (Å²) in [6.45, 7) is 9.63. The van der Waals surface area contributed by atoms with Gasteiger partial charge in [-0.25, -0.2) is 4.98 Å². The Kier molecular flexibility index (Phi) is 3.69. The lowest BCUT2D eigenvalue weighted by Gasteiger charge is -2.32. The van der Waals surface area contributed by atoms with Crippen molar-refractivity contribution in [1.82, 2.24) is 10.3 Å². The summed E-state index contributed by atoms with van der Waals surface area (Å²) in [6, 6.07) is 4.22. The van der Waals surface area contributed by atoms with Gasteiger partial charge in [0.25, 0.3) is 0 Å². The van der Waals surface area contributed by atoms with Crippen molar-refractivity contribution in [3.8, 4) is 0 Å². The SMILES string of the molecule is CCNC(c1cccnc1N)C(C)(C)C. The highest BCUT2D eigenvalue weighted by molar-refractivity contribution is 5.41. The Bertz CT molecular complexity index is 315. The fraction of sp³-hybridized carbons (Fsp3) is 0.583. The lowest BCUT2D eigenvalue weighted by atomic mass is 9.82. The lowest BCUT2D eigenvalue weighted by molar-refractivity contribution is 0.277. The molecule has 0 spiro atoms. The molecule has 1 aromatic rings. The molecule has 1 rings (SSSR count). The normalized spacial score (nSPS) is 13.9. The van der Waals surface area contributed by atoms with Crippen LogP contribution >= 0.6 is 0 Å². The van der Waals surface area contributed by atoms with Crippen LogP contribution in [0.25, 0.3) is 0 Å². The molecule has 0 radical (unpaired) electrons. The molecule has 0 aliphatic heterocycles. The maximum atomic E-state index is 5.90. The van der Waals surface area contributed by atoms with Gasteiger partial charge in [0.15, 0.2) is 0 Å². The zero-order valence-electron chi connectivity index (χ0n) is 10.0. The molecule has 1 aromatic heterocycles. The van der Waals surface area contributed by atoms with Gasteiger partial charge in [-0.3, -0.25) is 0 Å². The Labute approximate surface area is 92.1 Å². The van der Waals surface area contributed by atoms with Crippen molar-refractivity contribution in [3.63, 3.8) is 0 Å². The number of nitrogen functional groups attached to an aromatic ring is 1. The van der Waals surface area contributed by atoms with Crippen molar-refractivity contribution in [3.05, 3.63) is 23.9 Å². The quantitative estimate of drug-likeness (QED) is 0.800. The Balaban J connectivity index is 3.05. The van der Waals surface area contributed by atoms with Gasteiger partial charge in [-0.1, -0.05) is 33.8 Å². The monoisotopic (exact) mass is 207 g/mol. The second kappa shape index (κ2) is 4.62. The van der Waals surface area contributed by atoms with Crippen LogP contribution in [0, 0.1) is 5.41 Å². The van der Waals surface area contributed by atoms with Crippen LogP contribution in [0.2, 0.25) is 0 Å². The molecule has 0 aliphatic carbocycles. The molecule has 84 valence electrons. The van der Waals surface area contributed by atoms with Crippen LogP contribution in [0.15, 0.2) is 18.3 Å². The van der Waals surface area contributed by atoms with E-state index in [4.69, 9.17) is 5.73 Å². The number of hydrogen-bond donors (Lipinski definition) is 2. The summed E-state index contributed by atoms with van der Waals surface area (Å²) in [5.41, 5.74) is 7.12. The Hall–Kier alpha value is -1.09. The molecule has 0 amide bonds. The number of nitrogens with zero attached hydrogens (tertiary/aromatic N) is 1. The van der Waals surface area contributed by atoms with Gasteiger partial charge in [0.1, 0.15) is 5.82 Å². The second-order valence-corrected chi connectivity index (χ2v) is 4.83. The zero-order valence-corrected chi connectivity index (χ0v) is 10.0. The molecule has 1 heterocycles. The molecule has 1 atom stereocenters. The summed E-state index contributed by atoms with van der Waals surface area (Å²) < 4.78 is 0. The Morgan fingerprint density at radius 2 is 2.13 bits per heavy atom. The maximum Gasteiger partial charge on any atom is 0.128 e. The first-order chi connectivity index (χ1) is 6.96. The predicted molar refractivity (Wildman–Crippen MR) is 64.5 cm³/mol. The van der Waals surface area contributed by atoms with Gasteiger partial charge in [0, 0.05) is 17.8 Å². The molecule has 3 heteroatoms. The van der Waals surface area contributed by atoms with Crippen molar-refractivity contribution >= 4 is 5.82 Å². The van der Waals surface area contributed by atoms with E-state index in [9.17, 15) is 0 Å². The van der Waals surface area contributed by atoms with E-state index in [0.29, 0.717) is 5.82 Å². The van der Waals surface area contributed by atoms with E-state index in [0.717, 1.165) is 12.1 Å². The van der Waals surface area contributed by atoms with Gasteiger partial charge in [0.05, 0.1) is 0 Å². The van der Waals surface area contributed by atoms with Gasteiger partial charge < -0.3 is 11.1 Å². The molecular formula is C12H21N3. The number of pyridine rings is 1. The number of anilines is 1. The van der Waals surface area contributed by atoms with Gasteiger partial charge in [-0.05, 0) is 18.0 Å². The summed E-state index contributed by atoms with van der Waals surface area (Å²) in [5.74, 6) is 0.623. The highest BCUT2D eigenvalue weighted by Gasteiger charge is 2.26. The molecule has 3 N–H and O–H groups in total. The number of hydrogen-bond acceptors (Lipinski definition) is 3. The first-order valence-electron chi connectivity index (χ1n) is 5.40. The summed E-state index contributed by atoms with van der Waals surface area (Å²) in [6.07, 6.45) is 1.73. The highest BCUT2D eigenvalue weighted by atomic mass is 14.9. The minimum atomic E-state index is 0.132. The summed E-state index contributed by atoms with van der Waals surface area (Å²) in [5, 5.41) is 3.46. The third-order valence-electron chi connectivity index (χ3n) is 2.46. The highest BCUT2D eigenvalue weighted by Crippen LogP contribution is 2.34. The van der Waals surface area contributed by atoms with Crippen LogP contribution in [0.4, 0.5) is 5.82 Å². The van der Waals surface area contributed by atoms with Crippen LogP contribution in [0.1, 0.15) is 39.3 Å². The average Bonchev–Trinajstić information content (AvgIpc) is 2.14. The Morgan fingerprint density at radius 3 is 2.60 bits per heavy atom. The largest absolute Gasteiger partial charge is 0.383 e. The van der Waals surface area contributed by atoms with Crippen LogP contribution in [-0.2, 0) is 0 Å². The zero-order chi connectivity index (χ0) is 11.5. The minimum absolute atomic E-state index is 0.132. The smallest absolute Gasteiger partial charge is 0.128 e. The average molecular weight is 207 g/mol. The fourth-order valence-corrected chi connectivity index (χ4v) is 1.76. The number of nitrogens with two attached hydrogens (primary N) is 1. The van der Waals surface area contributed by atoms with Crippen LogP contribution in [0.5, 0.6) is 0 Å². The third kappa shape index (κ3) is 2.93. The van der Waals surface area contributed by atoms with Crippen molar-refractivity contribution in [1.29, 1.82) is 0 Å². The summed E-state index contributed by atoms with van der Waals surface area (Å²) in [4.78, 5) is 4.13. The number of nitrogens with one attached hydrogen (secondary N) is 1. The topological polar surface area (TPSA) is 50.9 Å². The van der Waals surface area contributed by atoms with Gasteiger partial charge >= 0.3 is 0 Å². The molecule has 0 saturated heterocycles. The van der Waals surface area contributed by atoms with Crippen molar-refractivity contribution in [2.75, 3.05) is 12.3 Å². The van der Waals surface area contributed by atoms with E-state index in [1.54, 1.807) is 6.20 Å². The number of rotatable bonds is 3.